The number of benzene rings is 2. The van der Waals surface area contributed by atoms with Crippen molar-refractivity contribution < 1.29 is 22.7 Å². The van der Waals surface area contributed by atoms with Crippen molar-refractivity contribution in [2.24, 2.45) is 5.92 Å². The summed E-state index contributed by atoms with van der Waals surface area (Å²) in [7, 11) is -3.57. The Morgan fingerprint density at radius 3 is 2.14 bits per heavy atom. The van der Waals surface area contributed by atoms with E-state index in [4.69, 9.17) is 4.74 Å². The topological polar surface area (TPSA) is 80.8 Å². The van der Waals surface area contributed by atoms with Gasteiger partial charge >= 0.3 is 5.97 Å². The van der Waals surface area contributed by atoms with Crippen molar-refractivity contribution in [3.8, 4) is 0 Å². The van der Waals surface area contributed by atoms with E-state index in [9.17, 15) is 18.0 Å². The quantitative estimate of drug-likeness (QED) is 0.463. The number of sulfonamides is 1. The maximum absolute atomic E-state index is 12.7. The predicted octanol–water partition coefficient (Wildman–Crippen LogP) is 3.91. The van der Waals surface area contributed by atoms with Gasteiger partial charge in [0.15, 0.2) is 12.4 Å². The Balaban J connectivity index is 1.61. The van der Waals surface area contributed by atoms with Gasteiger partial charge in [-0.1, -0.05) is 35.0 Å². The third-order valence-electron chi connectivity index (χ3n) is 4.97. The van der Waals surface area contributed by atoms with Crippen LogP contribution in [0.15, 0.2) is 57.9 Å². The number of ketones is 1. The molecule has 1 aliphatic rings. The summed E-state index contributed by atoms with van der Waals surface area (Å²) in [6, 6.07) is 12.4. The number of rotatable bonds is 6. The highest BCUT2D eigenvalue weighted by Crippen LogP contribution is 2.23. The van der Waals surface area contributed by atoms with Crippen LogP contribution in [0, 0.1) is 5.92 Å². The normalized spacial score (nSPS) is 15.8. The number of hydrogen-bond donors (Lipinski definition) is 0. The summed E-state index contributed by atoms with van der Waals surface area (Å²) in [5.41, 5.74) is 0.637. The van der Waals surface area contributed by atoms with Crippen LogP contribution in [0.2, 0.25) is 0 Å². The highest BCUT2D eigenvalue weighted by atomic mass is 79.9. The molecule has 1 fully saturated rings. The van der Waals surface area contributed by atoms with Crippen LogP contribution in [-0.4, -0.2) is 44.2 Å². The van der Waals surface area contributed by atoms with Crippen LogP contribution in [0.3, 0.4) is 0 Å². The van der Waals surface area contributed by atoms with Gasteiger partial charge in [0.2, 0.25) is 10.0 Å². The number of carbonyl (C=O) groups excluding carboxylic acids is 2. The van der Waals surface area contributed by atoms with Crippen molar-refractivity contribution in [2.45, 2.75) is 24.7 Å². The van der Waals surface area contributed by atoms with Crippen LogP contribution in [0.1, 0.15) is 40.5 Å². The van der Waals surface area contributed by atoms with Crippen LogP contribution in [-0.2, 0) is 14.8 Å². The molecule has 8 heteroatoms. The van der Waals surface area contributed by atoms with Crippen molar-refractivity contribution >= 4 is 37.7 Å². The maximum atomic E-state index is 12.7. The van der Waals surface area contributed by atoms with Gasteiger partial charge in [-0.05, 0) is 55.2 Å². The Labute approximate surface area is 179 Å². The summed E-state index contributed by atoms with van der Waals surface area (Å²) < 4.78 is 32.9. The van der Waals surface area contributed by atoms with Gasteiger partial charge in [0.25, 0.3) is 0 Å². The number of Topliss-reactive ketones (excluding diaryl/α,β-unsaturated/α-hetero) is 1. The summed E-state index contributed by atoms with van der Waals surface area (Å²) in [4.78, 5) is 24.4. The molecule has 0 aromatic heterocycles. The number of halogens is 1. The smallest absolute Gasteiger partial charge is 0.338 e. The van der Waals surface area contributed by atoms with Gasteiger partial charge in [0, 0.05) is 23.1 Å². The van der Waals surface area contributed by atoms with E-state index >= 15 is 0 Å². The van der Waals surface area contributed by atoms with Crippen LogP contribution >= 0.6 is 15.9 Å². The molecule has 0 amide bonds. The second-order valence-corrected chi connectivity index (χ2v) is 9.97. The van der Waals surface area contributed by atoms with Gasteiger partial charge in [-0.15, -0.1) is 0 Å². The minimum Gasteiger partial charge on any atom is -0.454 e. The van der Waals surface area contributed by atoms with Crippen LogP contribution in [0.4, 0.5) is 0 Å². The average Bonchev–Trinajstić information content (AvgIpc) is 2.72. The lowest BCUT2D eigenvalue weighted by atomic mass is 10.0. The van der Waals surface area contributed by atoms with E-state index in [0.717, 1.165) is 17.3 Å². The molecule has 0 atom stereocenters. The summed E-state index contributed by atoms with van der Waals surface area (Å²) >= 11 is 3.29. The molecule has 3 rings (SSSR count). The Kier molecular flexibility index (Phi) is 6.87. The summed E-state index contributed by atoms with van der Waals surface area (Å²) in [6.07, 6.45) is 1.69. The van der Waals surface area contributed by atoms with Gasteiger partial charge in [-0.2, -0.15) is 4.31 Å². The zero-order chi connectivity index (χ0) is 21.0. The first-order valence-corrected chi connectivity index (χ1v) is 11.6. The monoisotopic (exact) mass is 479 g/mol. The number of nitrogens with zero attached hydrogens (tertiary/aromatic N) is 1. The Morgan fingerprint density at radius 2 is 1.55 bits per heavy atom. The molecule has 2 aromatic rings. The van der Waals surface area contributed by atoms with Gasteiger partial charge in [0.05, 0.1) is 10.5 Å². The molecule has 0 aliphatic carbocycles. The standard InChI is InChI=1S/C21H22BrNO5S/c1-15-10-12-23(13-11-15)29(26,27)19-8-4-17(5-9-19)21(25)28-14-20(24)16-2-6-18(22)7-3-16/h2-9,15H,10-14H2,1H3. The molecule has 1 saturated heterocycles. The zero-order valence-corrected chi connectivity index (χ0v) is 18.4. The first-order valence-electron chi connectivity index (χ1n) is 9.33. The number of hydrogen-bond acceptors (Lipinski definition) is 5. The Morgan fingerprint density at radius 1 is 1.00 bits per heavy atom. The molecule has 1 aliphatic heterocycles. The van der Waals surface area contributed by atoms with Gasteiger partial charge in [0.1, 0.15) is 0 Å². The predicted molar refractivity (Wildman–Crippen MR) is 112 cm³/mol. The molecule has 0 radical (unpaired) electrons. The number of esters is 1. The van der Waals surface area contributed by atoms with Crippen molar-refractivity contribution in [3.63, 3.8) is 0 Å². The summed E-state index contributed by atoms with van der Waals surface area (Å²) in [5.74, 6) is -0.464. The van der Waals surface area contributed by atoms with E-state index < -0.39 is 16.0 Å². The molecule has 0 bridgehead atoms. The van der Waals surface area contributed by atoms with Crippen LogP contribution < -0.4 is 0 Å². The van der Waals surface area contributed by atoms with E-state index in [0.29, 0.717) is 24.6 Å². The van der Waals surface area contributed by atoms with Crippen LogP contribution in [0.5, 0.6) is 0 Å². The summed E-state index contributed by atoms with van der Waals surface area (Å²) in [6.45, 7) is 2.75. The molecule has 2 aromatic carbocycles. The molecule has 154 valence electrons. The molecule has 0 N–H and O–H groups in total. The minimum atomic E-state index is -3.57. The molecule has 0 unspecified atom stereocenters. The first-order chi connectivity index (χ1) is 13.8. The van der Waals surface area contributed by atoms with E-state index in [2.05, 4.69) is 22.9 Å². The molecule has 29 heavy (non-hydrogen) atoms. The zero-order valence-electron chi connectivity index (χ0n) is 16.0. The summed E-state index contributed by atoms with van der Waals surface area (Å²) in [5, 5.41) is 0. The average molecular weight is 480 g/mol. The lowest BCUT2D eigenvalue weighted by molar-refractivity contribution is 0.0474. The van der Waals surface area contributed by atoms with Gasteiger partial charge in [-0.25, -0.2) is 13.2 Å². The fourth-order valence-corrected chi connectivity index (χ4v) is 4.80. The van der Waals surface area contributed by atoms with E-state index in [1.54, 1.807) is 24.3 Å². The number of piperidine rings is 1. The van der Waals surface area contributed by atoms with E-state index in [1.165, 1.54) is 28.6 Å². The number of carbonyl (C=O) groups is 2. The van der Waals surface area contributed by atoms with Gasteiger partial charge < -0.3 is 4.74 Å². The first kappa shape index (κ1) is 21.7. The SMILES string of the molecule is CC1CCN(S(=O)(=O)c2ccc(C(=O)OCC(=O)c3ccc(Br)cc3)cc2)CC1. The highest BCUT2D eigenvalue weighted by molar-refractivity contribution is 9.10. The molecule has 0 saturated carbocycles. The fourth-order valence-electron chi connectivity index (χ4n) is 3.07. The fraction of sp³-hybridized carbons (Fsp3) is 0.333. The van der Waals surface area contributed by atoms with Crippen molar-refractivity contribution in [1.82, 2.24) is 4.31 Å². The van der Waals surface area contributed by atoms with Crippen molar-refractivity contribution in [1.29, 1.82) is 0 Å². The molecule has 1 heterocycles. The Hall–Kier alpha value is -2.03. The minimum absolute atomic E-state index is 0.148. The van der Waals surface area contributed by atoms with Gasteiger partial charge in [-0.3, -0.25) is 4.79 Å². The largest absolute Gasteiger partial charge is 0.454 e. The highest BCUT2D eigenvalue weighted by Gasteiger charge is 2.28. The Bertz CT molecular complexity index is 979. The van der Waals surface area contributed by atoms with Crippen LogP contribution in [0.25, 0.3) is 0 Å². The third kappa shape index (κ3) is 5.32. The molecule has 6 nitrogen and oxygen atoms in total. The lowest BCUT2D eigenvalue weighted by Gasteiger charge is -2.29. The number of ether oxygens (including phenoxy) is 1. The second kappa shape index (κ2) is 9.19. The van der Waals surface area contributed by atoms with Crippen molar-refractivity contribution in [3.05, 3.63) is 64.1 Å². The molecular formula is C21H22BrNO5S. The van der Waals surface area contributed by atoms with E-state index in [-0.39, 0.29) is 22.8 Å². The third-order valence-corrected chi connectivity index (χ3v) is 7.41. The molecule has 0 spiro atoms. The maximum Gasteiger partial charge on any atom is 0.338 e. The molecular weight excluding hydrogens is 458 g/mol. The second-order valence-electron chi connectivity index (χ2n) is 7.12. The lowest BCUT2D eigenvalue weighted by Crippen LogP contribution is -2.37. The van der Waals surface area contributed by atoms with Crippen molar-refractivity contribution in [2.75, 3.05) is 19.7 Å². The van der Waals surface area contributed by atoms with E-state index in [1.807, 2.05) is 0 Å².